The fraction of sp³-hybridized carbons (Fsp3) is 0.500. The number of halogens is 8. The zero-order valence-corrected chi connectivity index (χ0v) is 26.6. The standard InChI is InChI=1S/C30H29F7INO5S/c1-17(40)18-3-5-19(6-4-18)26(41)39-14-2-13-27(45(42,43)22-10-8-21(38)9-11-22)23-12-7-20(15-24(23)44-16-25(27)39)28(31,29(32,33)34)30(35,36)37/h7-12,15,18-19,25,40H,1-6,13-14,16H2. The van der Waals surface area contributed by atoms with Crippen molar-refractivity contribution < 1.29 is 53.8 Å². The third-order valence-corrected chi connectivity index (χ3v) is 12.6. The van der Waals surface area contributed by atoms with Crippen LogP contribution < -0.4 is 4.74 Å². The van der Waals surface area contributed by atoms with E-state index in [2.05, 4.69) is 6.58 Å². The number of fused-ring (bicyclic) bond motifs is 3. The number of alkyl halides is 7. The highest BCUT2D eigenvalue weighted by molar-refractivity contribution is 14.1. The van der Waals surface area contributed by atoms with Crippen molar-refractivity contribution in [3.8, 4) is 5.75 Å². The molecule has 0 bridgehead atoms. The summed E-state index contributed by atoms with van der Waals surface area (Å²) in [6.07, 6.45) is -11.0. The van der Waals surface area contributed by atoms with Crippen molar-refractivity contribution >= 4 is 38.3 Å². The summed E-state index contributed by atoms with van der Waals surface area (Å²) in [5.41, 5.74) is -7.79. The number of rotatable bonds is 5. The van der Waals surface area contributed by atoms with E-state index in [9.17, 15) is 44.7 Å². The van der Waals surface area contributed by atoms with Crippen LogP contribution in [0.5, 0.6) is 5.75 Å². The molecule has 0 radical (unpaired) electrons. The Hall–Kier alpha value is -2.56. The van der Waals surface area contributed by atoms with Crippen LogP contribution in [-0.2, 0) is 25.0 Å². The van der Waals surface area contributed by atoms with Gasteiger partial charge in [-0.3, -0.25) is 4.79 Å². The first-order valence-corrected chi connectivity index (χ1v) is 16.7. The summed E-state index contributed by atoms with van der Waals surface area (Å²) in [5.74, 6) is -1.65. The quantitative estimate of drug-likeness (QED) is 0.193. The third kappa shape index (κ3) is 5.38. The molecule has 1 amide bonds. The predicted octanol–water partition coefficient (Wildman–Crippen LogP) is 7.51. The van der Waals surface area contributed by atoms with Crippen LogP contribution in [-0.4, -0.2) is 55.9 Å². The van der Waals surface area contributed by atoms with Gasteiger partial charge < -0.3 is 14.7 Å². The predicted molar refractivity (Wildman–Crippen MR) is 157 cm³/mol. The molecule has 2 heterocycles. The molecule has 6 nitrogen and oxygen atoms in total. The Morgan fingerprint density at radius 2 is 1.53 bits per heavy atom. The molecule has 2 aromatic rings. The van der Waals surface area contributed by atoms with E-state index in [1.165, 1.54) is 29.2 Å². The summed E-state index contributed by atoms with van der Waals surface area (Å²) in [5, 5.41) is 9.78. The number of carbonyl (C=O) groups excluding carboxylic acids is 1. The van der Waals surface area contributed by atoms with Crippen molar-refractivity contribution in [2.75, 3.05) is 13.2 Å². The number of aliphatic hydroxyl groups is 1. The fourth-order valence-corrected chi connectivity index (χ4v) is 9.64. The van der Waals surface area contributed by atoms with E-state index in [0.29, 0.717) is 35.3 Å². The largest absolute Gasteiger partial charge is 0.513 e. The SMILES string of the molecule is C=C(O)C1CCC(C(=O)N2CCCC3(S(=O)(=O)c4ccc(I)cc4)c4ccc(C(F)(C(F)(F)F)C(F)(F)F)cc4OCC23)CC1. The summed E-state index contributed by atoms with van der Waals surface area (Å²) in [4.78, 5) is 15.2. The molecule has 0 aromatic heterocycles. The highest BCUT2D eigenvalue weighted by Gasteiger charge is 2.74. The van der Waals surface area contributed by atoms with Crippen LogP contribution >= 0.6 is 22.6 Å². The normalized spacial score (nSPS) is 26.0. The second kappa shape index (κ2) is 11.6. The number of piperidine rings is 1. The van der Waals surface area contributed by atoms with Crippen molar-refractivity contribution in [3.05, 3.63) is 69.5 Å². The van der Waals surface area contributed by atoms with Gasteiger partial charge in [0.05, 0.1) is 16.7 Å². The first kappa shape index (κ1) is 33.8. The van der Waals surface area contributed by atoms with Crippen LogP contribution in [0.2, 0.25) is 0 Å². The van der Waals surface area contributed by atoms with Crippen LogP contribution in [0.15, 0.2) is 59.7 Å². The van der Waals surface area contributed by atoms with Gasteiger partial charge in [-0.15, -0.1) is 0 Å². The van der Waals surface area contributed by atoms with E-state index in [0.717, 1.165) is 6.07 Å². The zero-order valence-electron chi connectivity index (χ0n) is 23.6. The first-order chi connectivity index (χ1) is 20.9. The molecule has 2 atom stereocenters. The molecule has 2 fully saturated rings. The Morgan fingerprint density at radius 3 is 2.09 bits per heavy atom. The van der Waals surface area contributed by atoms with Crippen LogP contribution in [0.1, 0.15) is 49.7 Å². The number of allylic oxidation sites excluding steroid dienone is 1. The average Bonchev–Trinajstić information content (AvgIpc) is 2.98. The van der Waals surface area contributed by atoms with Gasteiger partial charge in [-0.25, -0.2) is 12.8 Å². The summed E-state index contributed by atoms with van der Waals surface area (Å²) < 4.78 is 130. The number of hydrogen-bond donors (Lipinski definition) is 1. The fourth-order valence-electron chi connectivity index (χ4n) is 6.94. The van der Waals surface area contributed by atoms with Gasteiger partial charge >= 0.3 is 18.0 Å². The van der Waals surface area contributed by atoms with Gasteiger partial charge in [0.25, 0.3) is 0 Å². The molecule has 2 aromatic carbocycles. The molecule has 246 valence electrons. The third-order valence-electron chi connectivity index (χ3n) is 9.31. The minimum atomic E-state index is -6.38. The maximum Gasteiger partial charge on any atom is 0.435 e. The number of likely N-dealkylation sites (tertiary alicyclic amines) is 1. The number of benzene rings is 2. The smallest absolute Gasteiger partial charge is 0.435 e. The van der Waals surface area contributed by atoms with Gasteiger partial charge in [-0.1, -0.05) is 18.7 Å². The average molecular weight is 776 g/mol. The second-order valence-corrected chi connectivity index (χ2v) is 15.2. The van der Waals surface area contributed by atoms with Crippen molar-refractivity contribution in [2.45, 2.75) is 72.2 Å². The molecule has 15 heteroatoms. The Bertz CT molecular complexity index is 1570. The number of sulfone groups is 1. The van der Waals surface area contributed by atoms with Gasteiger partial charge in [0, 0.05) is 33.1 Å². The van der Waals surface area contributed by atoms with Crippen LogP contribution in [0.4, 0.5) is 30.7 Å². The molecule has 0 spiro atoms. The lowest BCUT2D eigenvalue weighted by atomic mass is 9.77. The molecule has 3 aliphatic rings. The number of ether oxygens (including phenoxy) is 1. The van der Waals surface area contributed by atoms with Gasteiger partial charge in [0.1, 0.15) is 17.1 Å². The van der Waals surface area contributed by atoms with Crippen LogP contribution in [0.3, 0.4) is 0 Å². The van der Waals surface area contributed by atoms with E-state index < -0.39 is 62.5 Å². The summed E-state index contributed by atoms with van der Waals surface area (Å²) >= 11 is 1.97. The maximum absolute atomic E-state index is 15.0. The number of carbonyl (C=O) groups is 1. The number of hydrogen-bond acceptors (Lipinski definition) is 5. The Labute approximate surface area is 268 Å². The second-order valence-electron chi connectivity index (χ2n) is 11.7. The lowest BCUT2D eigenvalue weighted by Crippen LogP contribution is -2.64. The van der Waals surface area contributed by atoms with E-state index in [4.69, 9.17) is 4.74 Å². The molecule has 1 aliphatic carbocycles. The number of nitrogens with zero attached hydrogens (tertiary/aromatic N) is 1. The topological polar surface area (TPSA) is 83.9 Å². The molecule has 2 unspecified atom stereocenters. The van der Waals surface area contributed by atoms with Crippen molar-refractivity contribution in [1.29, 1.82) is 0 Å². The number of aliphatic hydroxyl groups excluding tert-OH is 1. The minimum Gasteiger partial charge on any atom is -0.513 e. The molecule has 5 rings (SSSR count). The van der Waals surface area contributed by atoms with Crippen molar-refractivity contribution in [3.63, 3.8) is 0 Å². The monoisotopic (exact) mass is 775 g/mol. The zero-order chi connectivity index (χ0) is 33.2. The lowest BCUT2D eigenvalue weighted by Gasteiger charge is -2.52. The highest BCUT2D eigenvalue weighted by Crippen LogP contribution is 2.57. The van der Waals surface area contributed by atoms with E-state index in [1.54, 1.807) is 0 Å². The summed E-state index contributed by atoms with van der Waals surface area (Å²) in [6.45, 7) is 3.14. The van der Waals surface area contributed by atoms with Gasteiger partial charge in [0.2, 0.25) is 5.91 Å². The van der Waals surface area contributed by atoms with Crippen molar-refractivity contribution in [2.24, 2.45) is 11.8 Å². The molecular weight excluding hydrogens is 746 g/mol. The lowest BCUT2D eigenvalue weighted by molar-refractivity contribution is -0.348. The Morgan fingerprint density at radius 1 is 0.956 bits per heavy atom. The van der Waals surface area contributed by atoms with Gasteiger partial charge in [0.15, 0.2) is 9.84 Å². The Kier molecular flexibility index (Phi) is 8.71. The minimum absolute atomic E-state index is 0.0199. The van der Waals surface area contributed by atoms with Crippen molar-refractivity contribution in [1.82, 2.24) is 4.90 Å². The first-order valence-electron chi connectivity index (χ1n) is 14.1. The maximum atomic E-state index is 15.0. The molecule has 2 aliphatic heterocycles. The summed E-state index contributed by atoms with van der Waals surface area (Å²) in [6, 6.07) is 5.87. The van der Waals surface area contributed by atoms with E-state index in [-0.39, 0.29) is 53.5 Å². The van der Waals surface area contributed by atoms with Crippen LogP contribution in [0, 0.1) is 15.4 Å². The number of amides is 1. The highest BCUT2D eigenvalue weighted by atomic mass is 127. The molecule has 1 N–H and O–H groups in total. The molecule has 1 saturated heterocycles. The summed E-state index contributed by atoms with van der Waals surface area (Å²) in [7, 11) is -4.50. The van der Waals surface area contributed by atoms with E-state index >= 15 is 4.39 Å². The molecule has 45 heavy (non-hydrogen) atoms. The van der Waals surface area contributed by atoms with Crippen LogP contribution in [0.25, 0.3) is 0 Å². The van der Waals surface area contributed by atoms with Gasteiger partial charge in [-0.2, -0.15) is 26.3 Å². The molecular formula is C30H29F7INO5S. The van der Waals surface area contributed by atoms with E-state index in [1.807, 2.05) is 22.6 Å². The molecule has 1 saturated carbocycles. The van der Waals surface area contributed by atoms with Gasteiger partial charge in [-0.05, 0) is 91.4 Å². The Balaban J connectivity index is 1.65.